The number of fused-ring (bicyclic) bond motifs is 1. The van der Waals surface area contributed by atoms with Gasteiger partial charge in [0.1, 0.15) is 12.4 Å². The van der Waals surface area contributed by atoms with Crippen LogP contribution in [0.15, 0.2) is 52.3 Å². The molecule has 2 N–H and O–H groups in total. The first-order valence-electron chi connectivity index (χ1n) is 6.79. The quantitative estimate of drug-likeness (QED) is 0.687. The highest BCUT2D eigenvalue weighted by atomic mass is 79.9. The Morgan fingerprint density at radius 2 is 1.95 bits per heavy atom. The molecule has 0 spiro atoms. The van der Waals surface area contributed by atoms with E-state index in [1.54, 1.807) is 11.3 Å². The third kappa shape index (κ3) is 3.12. The molecule has 1 atom stereocenters. The molecule has 0 amide bonds. The van der Waals surface area contributed by atoms with Crippen molar-refractivity contribution in [2.45, 2.75) is 19.6 Å². The maximum atomic E-state index is 6.12. The van der Waals surface area contributed by atoms with E-state index in [2.05, 4.69) is 46.3 Å². The summed E-state index contributed by atoms with van der Waals surface area (Å²) in [6, 6.07) is 16.5. The second kappa shape index (κ2) is 6.18. The van der Waals surface area contributed by atoms with Crippen LogP contribution in [-0.2, 0) is 6.61 Å². The summed E-state index contributed by atoms with van der Waals surface area (Å²) < 4.78 is 7.24. The molecule has 0 radical (unpaired) electrons. The number of ether oxygens (including phenoxy) is 1. The van der Waals surface area contributed by atoms with E-state index in [1.807, 2.05) is 25.1 Å². The van der Waals surface area contributed by atoms with Gasteiger partial charge in [-0.25, -0.2) is 0 Å². The van der Waals surface area contributed by atoms with E-state index >= 15 is 0 Å². The number of rotatable bonds is 4. The smallest absolute Gasteiger partial charge is 0.132 e. The fraction of sp³-hybridized carbons (Fsp3) is 0.176. The normalized spacial score (nSPS) is 12.5. The number of hydrogen-bond acceptors (Lipinski definition) is 3. The molecule has 0 aliphatic rings. The van der Waals surface area contributed by atoms with E-state index in [4.69, 9.17) is 10.5 Å². The van der Waals surface area contributed by atoms with E-state index < -0.39 is 0 Å². The zero-order chi connectivity index (χ0) is 14.8. The third-order valence-corrected chi connectivity index (χ3v) is 4.99. The van der Waals surface area contributed by atoms with Crippen LogP contribution in [0.1, 0.15) is 23.4 Å². The van der Waals surface area contributed by atoms with Crippen molar-refractivity contribution >= 4 is 38.0 Å². The molecule has 0 fully saturated rings. The summed E-state index contributed by atoms with van der Waals surface area (Å²) in [5.74, 6) is 0.896. The van der Waals surface area contributed by atoms with Gasteiger partial charge in [0.25, 0.3) is 0 Å². The second-order valence-corrected chi connectivity index (χ2v) is 7.54. The zero-order valence-electron chi connectivity index (χ0n) is 11.7. The average molecular weight is 362 g/mol. The van der Waals surface area contributed by atoms with Crippen LogP contribution in [0.25, 0.3) is 10.8 Å². The molecular weight excluding hydrogens is 346 g/mol. The van der Waals surface area contributed by atoms with Gasteiger partial charge in [0.2, 0.25) is 0 Å². The van der Waals surface area contributed by atoms with Gasteiger partial charge in [0, 0.05) is 21.9 Å². The molecule has 1 heterocycles. The highest BCUT2D eigenvalue weighted by molar-refractivity contribution is 9.11. The van der Waals surface area contributed by atoms with Crippen LogP contribution in [0.5, 0.6) is 5.75 Å². The summed E-state index contributed by atoms with van der Waals surface area (Å²) in [5, 5.41) is 2.28. The average Bonchev–Trinajstić information content (AvgIpc) is 2.90. The predicted octanol–water partition coefficient (Wildman–Crippen LogP) is 5.26. The lowest BCUT2D eigenvalue weighted by molar-refractivity contribution is 0.309. The molecule has 2 nitrogen and oxygen atoms in total. The van der Waals surface area contributed by atoms with E-state index in [9.17, 15) is 0 Å². The van der Waals surface area contributed by atoms with Gasteiger partial charge in [-0.1, -0.05) is 36.4 Å². The number of nitrogens with two attached hydrogens (primary N) is 1. The number of halogens is 1. The molecule has 0 bridgehead atoms. The highest BCUT2D eigenvalue weighted by Gasteiger charge is 2.12. The molecule has 0 unspecified atom stereocenters. The Bertz CT molecular complexity index is 766. The molecule has 108 valence electrons. The van der Waals surface area contributed by atoms with Crippen molar-refractivity contribution in [3.05, 3.63) is 62.8 Å². The Hall–Kier alpha value is -1.36. The fourth-order valence-corrected chi connectivity index (χ4v) is 3.75. The van der Waals surface area contributed by atoms with E-state index in [-0.39, 0.29) is 6.04 Å². The number of hydrogen-bond donors (Lipinski definition) is 1. The summed E-state index contributed by atoms with van der Waals surface area (Å²) in [6.07, 6.45) is 0. The van der Waals surface area contributed by atoms with E-state index in [1.165, 1.54) is 10.3 Å². The van der Waals surface area contributed by atoms with Crippen LogP contribution >= 0.6 is 27.3 Å². The van der Waals surface area contributed by atoms with Gasteiger partial charge >= 0.3 is 0 Å². The lowest BCUT2D eigenvalue weighted by Gasteiger charge is -2.16. The van der Waals surface area contributed by atoms with Crippen LogP contribution in [0.2, 0.25) is 0 Å². The van der Waals surface area contributed by atoms with Gasteiger partial charge in [-0.15, -0.1) is 11.3 Å². The molecule has 0 saturated heterocycles. The molecule has 1 aromatic heterocycles. The highest BCUT2D eigenvalue weighted by Crippen LogP contribution is 2.34. The van der Waals surface area contributed by atoms with Gasteiger partial charge in [0.15, 0.2) is 0 Å². The van der Waals surface area contributed by atoms with Gasteiger partial charge < -0.3 is 10.5 Å². The topological polar surface area (TPSA) is 35.2 Å². The third-order valence-electron chi connectivity index (χ3n) is 3.39. The Labute approximate surface area is 136 Å². The molecule has 0 saturated carbocycles. The molecule has 0 aliphatic heterocycles. The van der Waals surface area contributed by atoms with Crippen LogP contribution in [0, 0.1) is 0 Å². The van der Waals surface area contributed by atoms with E-state index in [0.717, 1.165) is 20.5 Å². The van der Waals surface area contributed by atoms with Crippen molar-refractivity contribution < 1.29 is 4.74 Å². The lowest BCUT2D eigenvalue weighted by atomic mass is 10.0. The van der Waals surface area contributed by atoms with Crippen LogP contribution < -0.4 is 10.5 Å². The lowest BCUT2D eigenvalue weighted by Crippen LogP contribution is -2.08. The maximum Gasteiger partial charge on any atom is 0.132 e. The Balaban J connectivity index is 1.99. The molecule has 2 aromatic carbocycles. The van der Waals surface area contributed by atoms with Crippen molar-refractivity contribution in [3.8, 4) is 5.75 Å². The second-order valence-electron chi connectivity index (χ2n) is 4.99. The summed E-state index contributed by atoms with van der Waals surface area (Å²) in [5.41, 5.74) is 7.14. The minimum Gasteiger partial charge on any atom is -0.487 e. The monoisotopic (exact) mass is 361 g/mol. The van der Waals surface area contributed by atoms with Crippen molar-refractivity contribution in [1.29, 1.82) is 0 Å². The summed E-state index contributed by atoms with van der Waals surface area (Å²) in [4.78, 5) is 1.19. The Morgan fingerprint density at radius 1 is 1.14 bits per heavy atom. The van der Waals surface area contributed by atoms with Crippen molar-refractivity contribution in [2.75, 3.05) is 0 Å². The largest absolute Gasteiger partial charge is 0.487 e. The zero-order valence-corrected chi connectivity index (χ0v) is 14.1. The summed E-state index contributed by atoms with van der Waals surface area (Å²) >= 11 is 5.17. The van der Waals surface area contributed by atoms with Gasteiger partial charge in [0.05, 0.1) is 3.79 Å². The number of benzene rings is 2. The molecule has 4 heteroatoms. The molecule has 3 rings (SSSR count). The Morgan fingerprint density at radius 3 is 2.67 bits per heavy atom. The fourth-order valence-electron chi connectivity index (χ4n) is 2.35. The SMILES string of the molecule is C[C@H](N)c1ccc2ccccc2c1OCc1ccc(Br)s1. The summed E-state index contributed by atoms with van der Waals surface area (Å²) in [6.45, 7) is 2.54. The van der Waals surface area contributed by atoms with Crippen molar-refractivity contribution in [3.63, 3.8) is 0 Å². The first kappa shape index (κ1) is 14.6. The maximum absolute atomic E-state index is 6.12. The van der Waals surface area contributed by atoms with Gasteiger partial charge in [-0.3, -0.25) is 0 Å². The first-order valence-corrected chi connectivity index (χ1v) is 8.40. The standard InChI is InChI=1S/C17H16BrNOS/c1-11(19)14-8-6-12-4-2-3-5-15(12)17(14)20-10-13-7-9-16(18)21-13/h2-9,11H,10,19H2,1H3/t11-/m0/s1. The first-order chi connectivity index (χ1) is 10.1. The van der Waals surface area contributed by atoms with Crippen molar-refractivity contribution in [2.24, 2.45) is 5.73 Å². The number of thiophene rings is 1. The van der Waals surface area contributed by atoms with Gasteiger partial charge in [-0.05, 0) is 40.4 Å². The molecule has 3 aromatic rings. The minimum absolute atomic E-state index is 0.0559. The van der Waals surface area contributed by atoms with E-state index in [0.29, 0.717) is 6.61 Å². The molecular formula is C17H16BrNOS. The predicted molar refractivity (Wildman–Crippen MR) is 92.9 cm³/mol. The summed E-state index contributed by atoms with van der Waals surface area (Å²) in [7, 11) is 0. The molecule has 21 heavy (non-hydrogen) atoms. The van der Waals surface area contributed by atoms with Crippen LogP contribution in [0.3, 0.4) is 0 Å². The Kier molecular flexibility index (Phi) is 4.29. The van der Waals surface area contributed by atoms with Crippen LogP contribution in [0.4, 0.5) is 0 Å². The van der Waals surface area contributed by atoms with Crippen molar-refractivity contribution in [1.82, 2.24) is 0 Å². The minimum atomic E-state index is -0.0559. The van der Waals surface area contributed by atoms with Gasteiger partial charge in [-0.2, -0.15) is 0 Å². The van der Waals surface area contributed by atoms with Crippen LogP contribution in [-0.4, -0.2) is 0 Å². The molecule has 0 aliphatic carbocycles.